The van der Waals surface area contributed by atoms with Crippen molar-refractivity contribution in [2.75, 3.05) is 25.5 Å². The van der Waals surface area contributed by atoms with E-state index in [0.717, 1.165) is 11.6 Å². The molecule has 11 heteroatoms. The lowest BCUT2D eigenvalue weighted by Crippen LogP contribution is -2.38. The fourth-order valence-electron chi connectivity index (χ4n) is 4.71. The minimum atomic E-state index is -0.646. The van der Waals surface area contributed by atoms with Crippen molar-refractivity contribution < 1.29 is 23.5 Å². The Kier molecular flexibility index (Phi) is 8.09. The number of hydrogen-bond acceptors (Lipinski definition) is 7. The van der Waals surface area contributed by atoms with Crippen LogP contribution >= 0.6 is 11.8 Å². The molecule has 2 aliphatic heterocycles. The van der Waals surface area contributed by atoms with E-state index in [2.05, 4.69) is 32.1 Å². The molecule has 0 saturated carbocycles. The first-order valence-corrected chi connectivity index (χ1v) is 14.2. The van der Waals surface area contributed by atoms with Crippen LogP contribution in [0.2, 0.25) is 0 Å². The minimum Gasteiger partial charge on any atom is -0.494 e. The van der Waals surface area contributed by atoms with Crippen molar-refractivity contribution in [1.29, 1.82) is 0 Å². The number of rotatable bonds is 5. The number of nitrogens with zero attached hydrogens (tertiary/aromatic N) is 2. The summed E-state index contributed by atoms with van der Waals surface area (Å²) in [4.78, 5) is 48.7. The number of ether oxygens (including phenoxy) is 1. The number of methoxy groups -OCH3 is 1. The summed E-state index contributed by atoms with van der Waals surface area (Å²) in [5.41, 5.74) is 9.78. The first-order chi connectivity index (χ1) is 20.0. The number of halogens is 1. The van der Waals surface area contributed by atoms with Crippen LogP contribution in [0.3, 0.4) is 0 Å². The van der Waals surface area contributed by atoms with Gasteiger partial charge in [0.15, 0.2) is 17.3 Å². The number of nitrogens with one attached hydrogen (secondary N) is 3. The van der Waals surface area contributed by atoms with Crippen molar-refractivity contribution >= 4 is 45.8 Å². The number of dihydropyridines is 1. The number of Topliss-reactive ketones (excluding diaryl/α,β-unsaturated/α-hetero) is 1. The van der Waals surface area contributed by atoms with Crippen LogP contribution in [0.1, 0.15) is 59.3 Å². The second kappa shape index (κ2) is 11.7. The van der Waals surface area contributed by atoms with Gasteiger partial charge in [0.05, 0.1) is 42.8 Å². The molecule has 1 aromatic carbocycles. The fourth-order valence-corrected chi connectivity index (χ4v) is 5.49. The number of anilines is 1. The van der Waals surface area contributed by atoms with Gasteiger partial charge in [-0.15, -0.1) is 0 Å². The lowest BCUT2D eigenvalue weighted by molar-refractivity contribution is 0.0929. The molecular weight excluding hydrogens is 557 g/mol. The summed E-state index contributed by atoms with van der Waals surface area (Å²) in [6.45, 7) is 6.45. The number of H-pyrrole nitrogens is 1. The second-order valence-electron chi connectivity index (χ2n) is 10.8. The van der Waals surface area contributed by atoms with Gasteiger partial charge in [0.25, 0.3) is 11.1 Å². The van der Waals surface area contributed by atoms with E-state index < -0.39 is 11.7 Å². The lowest BCUT2D eigenvalue weighted by atomic mass is 10.00. The normalized spacial score (nSPS) is 16.0. The van der Waals surface area contributed by atoms with Crippen molar-refractivity contribution in [2.45, 2.75) is 38.5 Å². The first kappa shape index (κ1) is 29.0. The molecule has 216 valence electrons. The number of hydrogen-bond donors (Lipinski definition) is 3. The quantitative estimate of drug-likeness (QED) is 0.392. The number of aromatic nitrogens is 1. The highest BCUT2D eigenvalue weighted by molar-refractivity contribution is 8.14. The van der Waals surface area contributed by atoms with Crippen LogP contribution in [-0.2, 0) is 6.54 Å². The van der Waals surface area contributed by atoms with Gasteiger partial charge in [-0.3, -0.25) is 19.4 Å². The summed E-state index contributed by atoms with van der Waals surface area (Å²) in [7, 11) is 1.35. The number of carbonyl (C=O) groups is 3. The molecule has 3 heterocycles. The first-order valence-electron chi connectivity index (χ1n) is 13.3. The van der Waals surface area contributed by atoms with Crippen LogP contribution in [0.4, 0.5) is 14.9 Å². The average Bonchev–Trinajstić information content (AvgIpc) is 3.31. The van der Waals surface area contributed by atoms with Gasteiger partial charge in [-0.2, -0.15) is 0 Å². The van der Waals surface area contributed by atoms with Crippen LogP contribution in [0.5, 0.6) is 5.75 Å². The maximum Gasteiger partial charge on any atom is 0.282 e. The summed E-state index contributed by atoms with van der Waals surface area (Å²) < 4.78 is 18.8. The summed E-state index contributed by atoms with van der Waals surface area (Å²) in [6.07, 6.45) is 7.62. The number of aromatic amines is 1. The number of benzene rings is 1. The van der Waals surface area contributed by atoms with Crippen molar-refractivity contribution in [1.82, 2.24) is 15.2 Å². The van der Waals surface area contributed by atoms with E-state index in [1.807, 2.05) is 32.9 Å². The van der Waals surface area contributed by atoms with Gasteiger partial charge in [0.1, 0.15) is 5.84 Å². The Bertz CT molecular complexity index is 1680. The zero-order valence-electron chi connectivity index (χ0n) is 23.7. The van der Waals surface area contributed by atoms with Crippen LogP contribution in [0.15, 0.2) is 64.7 Å². The van der Waals surface area contributed by atoms with Crippen LogP contribution in [0.25, 0.3) is 5.57 Å². The smallest absolute Gasteiger partial charge is 0.282 e. The molecule has 1 aliphatic carbocycles. The summed E-state index contributed by atoms with van der Waals surface area (Å²) in [5.74, 6) is -1.01. The van der Waals surface area contributed by atoms with Crippen LogP contribution < -0.4 is 15.4 Å². The molecule has 1 aromatic heterocycles. The highest BCUT2D eigenvalue weighted by Crippen LogP contribution is 2.38. The largest absolute Gasteiger partial charge is 0.494 e. The Morgan fingerprint density at radius 3 is 2.74 bits per heavy atom. The number of amidine groups is 1. The predicted octanol–water partition coefficient (Wildman–Crippen LogP) is 5.60. The standard InChI is InChI=1S/C31H30FN5O4S/c1-31(2,3)42-30(40)37-16-22-26(23(38)17-37)28(34-20-8-6-5-7-9-20)27(35-22)18-12-13-33-25(15-18)36-29(39)19-10-11-24(41-4)21(32)14-19/h5-6,8,10-11,14-15,34-35H,12-13,16-17H2,1-4H3,(H,33,36,39). The molecule has 3 aliphatic rings. The van der Waals surface area contributed by atoms with Gasteiger partial charge in [0.2, 0.25) is 0 Å². The Balaban J connectivity index is 1.47. The maximum absolute atomic E-state index is 14.2. The van der Waals surface area contributed by atoms with E-state index in [1.165, 1.54) is 31.0 Å². The second-order valence-corrected chi connectivity index (χ2v) is 12.6. The molecule has 0 spiro atoms. The predicted molar refractivity (Wildman–Crippen MR) is 161 cm³/mol. The van der Waals surface area contributed by atoms with E-state index in [0.29, 0.717) is 47.1 Å². The monoisotopic (exact) mass is 587 g/mol. The van der Waals surface area contributed by atoms with Crippen molar-refractivity contribution in [2.24, 2.45) is 4.99 Å². The summed E-state index contributed by atoms with van der Waals surface area (Å²) in [5, 5.41) is 5.90. The zero-order valence-corrected chi connectivity index (χ0v) is 24.5. The summed E-state index contributed by atoms with van der Waals surface area (Å²) in [6, 6.07) is 3.96. The number of ketones is 1. The summed E-state index contributed by atoms with van der Waals surface area (Å²) >= 11 is 1.19. The number of thioether (sulfide) groups is 1. The van der Waals surface area contributed by atoms with Gasteiger partial charge >= 0.3 is 0 Å². The molecule has 2 aromatic rings. The Morgan fingerprint density at radius 1 is 1.24 bits per heavy atom. The van der Waals surface area contributed by atoms with Gasteiger partial charge in [0, 0.05) is 22.5 Å². The van der Waals surface area contributed by atoms with E-state index in [1.54, 1.807) is 17.1 Å². The molecule has 42 heavy (non-hydrogen) atoms. The van der Waals surface area contributed by atoms with E-state index in [4.69, 9.17) is 4.74 Å². The third-order valence-corrected chi connectivity index (χ3v) is 7.60. The number of fused-ring (bicyclic) bond motifs is 1. The fraction of sp³-hybridized carbons (Fsp3) is 0.290. The Labute approximate surface area is 247 Å². The van der Waals surface area contributed by atoms with Crippen molar-refractivity contribution in [3.05, 3.63) is 88.0 Å². The third-order valence-electron chi connectivity index (χ3n) is 6.55. The molecule has 5 rings (SSSR count). The number of carbonyl (C=O) groups excluding carboxylic acids is 3. The molecule has 0 saturated heterocycles. The van der Waals surface area contributed by atoms with Gasteiger partial charge in [-0.1, -0.05) is 44.3 Å². The van der Waals surface area contributed by atoms with Crippen LogP contribution in [-0.4, -0.2) is 57.6 Å². The SMILES string of the molecule is COc1ccc(C(=O)NC2=NCCC(c3[nH]c4c(c3NC3=C=C=CC=C3)C(=O)CN(C(=O)SC(C)(C)C)C4)=C2)cc1F. The third kappa shape index (κ3) is 6.34. The highest BCUT2D eigenvalue weighted by Gasteiger charge is 2.34. The minimum absolute atomic E-state index is 0.0360. The van der Waals surface area contributed by atoms with Gasteiger partial charge < -0.3 is 25.3 Å². The molecule has 0 atom stereocenters. The number of aliphatic imine (C=N–C) groups is 1. The van der Waals surface area contributed by atoms with Crippen molar-refractivity contribution in [3.63, 3.8) is 0 Å². The molecule has 9 nitrogen and oxygen atoms in total. The molecular formula is C31H30FN5O4S. The highest BCUT2D eigenvalue weighted by atomic mass is 32.2. The molecule has 3 N–H and O–H groups in total. The number of allylic oxidation sites excluding steroid dienone is 3. The van der Waals surface area contributed by atoms with E-state index in [-0.39, 0.29) is 40.2 Å². The Hall–Kier alpha value is -4.56. The maximum atomic E-state index is 14.2. The molecule has 0 radical (unpaired) electrons. The van der Waals surface area contributed by atoms with Gasteiger partial charge in [-0.05, 0) is 54.2 Å². The number of amides is 2. The Morgan fingerprint density at radius 2 is 2.05 bits per heavy atom. The van der Waals surface area contributed by atoms with Gasteiger partial charge in [-0.25, -0.2) is 4.39 Å². The van der Waals surface area contributed by atoms with Crippen LogP contribution in [0, 0.1) is 5.82 Å². The molecule has 0 bridgehead atoms. The van der Waals surface area contributed by atoms with Crippen molar-refractivity contribution in [3.8, 4) is 5.75 Å². The van der Waals surface area contributed by atoms with E-state index >= 15 is 0 Å². The van der Waals surface area contributed by atoms with E-state index in [9.17, 15) is 18.8 Å². The zero-order chi connectivity index (χ0) is 30.0. The average molecular weight is 588 g/mol. The molecule has 0 unspecified atom stereocenters. The lowest BCUT2D eigenvalue weighted by Gasteiger charge is -2.28. The molecule has 2 amide bonds. The molecule has 0 fully saturated rings. The topological polar surface area (TPSA) is 116 Å².